The summed E-state index contributed by atoms with van der Waals surface area (Å²) < 4.78 is 4.63. The molecule has 0 rings (SSSR count). The quantitative estimate of drug-likeness (QED) is 0.163. The lowest BCUT2D eigenvalue weighted by Gasteiger charge is -2.04. The van der Waals surface area contributed by atoms with Gasteiger partial charge in [0.2, 0.25) is 0 Å². The van der Waals surface area contributed by atoms with Gasteiger partial charge in [-0.3, -0.25) is 4.79 Å². The van der Waals surface area contributed by atoms with Gasteiger partial charge in [0.1, 0.15) is 0 Å². The molecule has 0 aliphatic rings. The van der Waals surface area contributed by atoms with Gasteiger partial charge in [0.25, 0.3) is 0 Å². The molecule has 0 aromatic carbocycles. The Morgan fingerprint density at radius 3 is 1.56 bits per heavy atom. The van der Waals surface area contributed by atoms with Gasteiger partial charge in [0, 0.05) is 17.3 Å². The minimum absolute atomic E-state index is 0.0906. The monoisotopic (exact) mass is 390 g/mol. The van der Waals surface area contributed by atoms with Crippen LogP contribution < -0.4 is 0 Å². The Kier molecular flexibility index (Phi) is 22.4. The summed E-state index contributed by atoms with van der Waals surface area (Å²) in [6.07, 6.45) is 19.1. The molecule has 4 heteroatoms. The summed E-state index contributed by atoms with van der Waals surface area (Å²) in [6, 6.07) is 0. The summed E-state index contributed by atoms with van der Waals surface area (Å²) in [4.78, 5) is 11.0. The number of rotatable bonds is 20. The first kappa shape index (κ1) is 25.2. The molecule has 0 saturated carbocycles. The van der Waals surface area contributed by atoms with E-state index in [4.69, 9.17) is 0 Å². The van der Waals surface area contributed by atoms with Crippen molar-refractivity contribution in [3.8, 4) is 0 Å². The molecule has 0 bridgehead atoms. The second-order valence-corrected chi connectivity index (χ2v) is 9.24. The van der Waals surface area contributed by atoms with Crippen LogP contribution in [0, 0.1) is 0 Å². The highest BCUT2D eigenvalue weighted by atomic mass is 32.2. The van der Waals surface area contributed by atoms with Gasteiger partial charge >= 0.3 is 5.97 Å². The van der Waals surface area contributed by atoms with Crippen molar-refractivity contribution in [2.24, 2.45) is 0 Å². The molecule has 0 radical (unpaired) electrons. The van der Waals surface area contributed by atoms with Crippen LogP contribution in [0.15, 0.2) is 0 Å². The molecule has 2 nitrogen and oxygen atoms in total. The van der Waals surface area contributed by atoms with Crippen molar-refractivity contribution in [2.75, 3.05) is 30.1 Å². The zero-order chi connectivity index (χ0) is 18.4. The van der Waals surface area contributed by atoms with Crippen molar-refractivity contribution in [1.82, 2.24) is 0 Å². The predicted octanol–water partition coefficient (Wildman–Crippen LogP) is 7.11. The average molecular weight is 391 g/mol. The molecule has 0 atom stereocenters. The number of carbonyl (C=O) groups is 1. The van der Waals surface area contributed by atoms with Gasteiger partial charge in [-0.1, -0.05) is 84.0 Å². The van der Waals surface area contributed by atoms with E-state index in [-0.39, 0.29) is 5.97 Å². The SMILES string of the molecule is CCCCCCCCCCCCCCCSCCSCCC(=O)OC. The summed E-state index contributed by atoms with van der Waals surface area (Å²) in [5.74, 6) is 4.47. The van der Waals surface area contributed by atoms with E-state index in [1.807, 2.05) is 11.8 Å². The Morgan fingerprint density at radius 2 is 1.08 bits per heavy atom. The molecule has 0 aliphatic heterocycles. The van der Waals surface area contributed by atoms with E-state index in [0.29, 0.717) is 6.42 Å². The smallest absolute Gasteiger partial charge is 0.306 e. The Labute approximate surface area is 166 Å². The number of hydrogen-bond donors (Lipinski definition) is 0. The molecule has 0 unspecified atom stereocenters. The molecule has 25 heavy (non-hydrogen) atoms. The van der Waals surface area contributed by atoms with E-state index >= 15 is 0 Å². The zero-order valence-electron chi connectivity index (χ0n) is 16.9. The molecule has 0 aromatic heterocycles. The zero-order valence-corrected chi connectivity index (χ0v) is 18.5. The van der Waals surface area contributed by atoms with Crippen molar-refractivity contribution in [2.45, 2.75) is 96.8 Å². The molecule has 0 N–H and O–H groups in total. The van der Waals surface area contributed by atoms with Gasteiger partial charge in [-0.15, -0.1) is 0 Å². The Bertz CT molecular complexity index is 273. The first-order chi connectivity index (χ1) is 12.3. The van der Waals surface area contributed by atoms with Gasteiger partial charge < -0.3 is 4.74 Å². The lowest BCUT2D eigenvalue weighted by Crippen LogP contribution is -2.01. The molecule has 0 heterocycles. The van der Waals surface area contributed by atoms with Crippen LogP contribution in [0.3, 0.4) is 0 Å². The van der Waals surface area contributed by atoms with E-state index in [2.05, 4.69) is 23.4 Å². The largest absolute Gasteiger partial charge is 0.469 e. The molecule has 0 fully saturated rings. The van der Waals surface area contributed by atoms with E-state index in [0.717, 1.165) is 11.5 Å². The minimum atomic E-state index is -0.0906. The Balaban J connectivity index is 2.99. The van der Waals surface area contributed by atoms with Crippen LogP contribution in [-0.4, -0.2) is 36.1 Å². The topological polar surface area (TPSA) is 26.3 Å². The maximum absolute atomic E-state index is 11.0. The number of thioether (sulfide) groups is 2. The highest BCUT2D eigenvalue weighted by Crippen LogP contribution is 2.14. The maximum Gasteiger partial charge on any atom is 0.306 e. The molecule has 0 aliphatic carbocycles. The van der Waals surface area contributed by atoms with E-state index in [1.54, 1.807) is 0 Å². The van der Waals surface area contributed by atoms with Crippen LogP contribution in [0.5, 0.6) is 0 Å². The number of methoxy groups -OCH3 is 1. The lowest BCUT2D eigenvalue weighted by molar-refractivity contribution is -0.140. The first-order valence-corrected chi connectivity index (χ1v) is 12.8. The van der Waals surface area contributed by atoms with E-state index in [1.165, 1.54) is 102 Å². The summed E-state index contributed by atoms with van der Waals surface area (Å²) in [6.45, 7) is 2.29. The fraction of sp³-hybridized carbons (Fsp3) is 0.952. The fourth-order valence-electron chi connectivity index (χ4n) is 2.80. The van der Waals surface area contributed by atoms with Gasteiger partial charge in [0.05, 0.1) is 13.5 Å². The number of ether oxygens (including phenoxy) is 1. The van der Waals surface area contributed by atoms with Crippen LogP contribution in [0.4, 0.5) is 0 Å². The van der Waals surface area contributed by atoms with Crippen LogP contribution >= 0.6 is 23.5 Å². The second-order valence-electron chi connectivity index (χ2n) is 6.79. The third kappa shape index (κ3) is 22.1. The van der Waals surface area contributed by atoms with E-state index in [9.17, 15) is 4.79 Å². The number of hydrogen-bond acceptors (Lipinski definition) is 4. The van der Waals surface area contributed by atoms with Crippen molar-refractivity contribution < 1.29 is 9.53 Å². The van der Waals surface area contributed by atoms with Crippen LogP contribution in [0.25, 0.3) is 0 Å². The standard InChI is InChI=1S/C21H42O2S2/c1-3-4-5-6-7-8-9-10-11-12-13-14-15-17-24-19-20-25-18-16-21(22)23-2/h3-20H2,1-2H3. The van der Waals surface area contributed by atoms with Crippen molar-refractivity contribution >= 4 is 29.5 Å². The summed E-state index contributed by atoms with van der Waals surface area (Å²) in [5, 5.41) is 0. The average Bonchev–Trinajstić information content (AvgIpc) is 2.63. The first-order valence-electron chi connectivity index (χ1n) is 10.5. The summed E-state index contributed by atoms with van der Waals surface area (Å²) in [5.41, 5.74) is 0. The highest BCUT2D eigenvalue weighted by Gasteiger charge is 1.99. The van der Waals surface area contributed by atoms with Gasteiger partial charge in [-0.2, -0.15) is 23.5 Å². The van der Waals surface area contributed by atoms with E-state index < -0.39 is 0 Å². The summed E-state index contributed by atoms with van der Waals surface area (Å²) >= 11 is 3.93. The molecule has 0 saturated heterocycles. The number of esters is 1. The second kappa shape index (κ2) is 22.2. The Hall–Kier alpha value is 0.170. The normalized spacial score (nSPS) is 11.0. The van der Waals surface area contributed by atoms with Gasteiger partial charge in [-0.25, -0.2) is 0 Å². The summed E-state index contributed by atoms with van der Waals surface area (Å²) in [7, 11) is 1.46. The third-order valence-electron chi connectivity index (χ3n) is 4.44. The fourth-order valence-corrected chi connectivity index (χ4v) is 4.87. The van der Waals surface area contributed by atoms with Crippen molar-refractivity contribution in [3.05, 3.63) is 0 Å². The van der Waals surface area contributed by atoms with Crippen LogP contribution in [0.1, 0.15) is 96.8 Å². The number of carbonyl (C=O) groups excluding carboxylic acids is 1. The Morgan fingerprint density at radius 1 is 0.640 bits per heavy atom. The molecular formula is C21H42O2S2. The molecule has 150 valence electrons. The van der Waals surface area contributed by atoms with Crippen molar-refractivity contribution in [3.63, 3.8) is 0 Å². The van der Waals surface area contributed by atoms with Crippen LogP contribution in [-0.2, 0) is 9.53 Å². The molecular weight excluding hydrogens is 348 g/mol. The lowest BCUT2D eigenvalue weighted by atomic mass is 10.1. The predicted molar refractivity (Wildman–Crippen MR) is 117 cm³/mol. The molecule has 0 spiro atoms. The van der Waals surface area contributed by atoms with Crippen molar-refractivity contribution in [1.29, 1.82) is 0 Å². The maximum atomic E-state index is 11.0. The third-order valence-corrected chi connectivity index (χ3v) is 6.76. The number of unbranched alkanes of at least 4 members (excludes halogenated alkanes) is 12. The highest BCUT2D eigenvalue weighted by molar-refractivity contribution is 8.02. The molecule has 0 aromatic rings. The van der Waals surface area contributed by atoms with Crippen LogP contribution in [0.2, 0.25) is 0 Å². The molecule has 0 amide bonds. The van der Waals surface area contributed by atoms with Gasteiger partial charge in [-0.05, 0) is 12.2 Å². The minimum Gasteiger partial charge on any atom is -0.469 e. The van der Waals surface area contributed by atoms with Gasteiger partial charge in [0.15, 0.2) is 0 Å².